The van der Waals surface area contributed by atoms with Gasteiger partial charge in [0.15, 0.2) is 0 Å². The SMILES string of the molecule is Cc1cc(C)cc(C(C2=C(c3ccccc3)[C]([Ti+3])=CC2)c2cc(C)cc(C)c2)c1.[Cl-].[Cl-].[Cl-]. The molecule has 0 aromatic heterocycles. The zero-order chi connectivity index (χ0) is 20.5. The van der Waals surface area contributed by atoms with E-state index in [0.717, 1.165) is 6.42 Å². The second-order valence-corrected chi connectivity index (χ2v) is 9.20. The van der Waals surface area contributed by atoms with Crippen molar-refractivity contribution >= 4 is 5.57 Å². The molecular formula is C28H27Cl3Ti. The summed E-state index contributed by atoms with van der Waals surface area (Å²) in [5.41, 5.74) is 12.4. The second kappa shape index (κ2) is 12.3. The van der Waals surface area contributed by atoms with E-state index in [-0.39, 0.29) is 43.1 Å². The van der Waals surface area contributed by atoms with Crippen LogP contribution >= 0.6 is 0 Å². The minimum Gasteiger partial charge on any atom is -1.00 e. The summed E-state index contributed by atoms with van der Waals surface area (Å²) < 4.78 is 1.39. The first kappa shape index (κ1) is 28.8. The van der Waals surface area contributed by atoms with Crippen molar-refractivity contribution in [1.82, 2.24) is 0 Å². The third-order valence-electron chi connectivity index (χ3n) is 5.68. The van der Waals surface area contributed by atoms with Gasteiger partial charge in [0.2, 0.25) is 0 Å². The third-order valence-corrected chi connectivity index (χ3v) is 6.39. The van der Waals surface area contributed by atoms with E-state index in [4.69, 9.17) is 0 Å². The van der Waals surface area contributed by atoms with Crippen molar-refractivity contribution in [2.75, 3.05) is 0 Å². The van der Waals surface area contributed by atoms with Crippen LogP contribution in [-0.4, -0.2) is 0 Å². The van der Waals surface area contributed by atoms with E-state index in [1.54, 1.807) is 0 Å². The van der Waals surface area contributed by atoms with E-state index < -0.39 is 0 Å². The molecule has 1 aliphatic carbocycles. The van der Waals surface area contributed by atoms with Gasteiger partial charge in [-0.15, -0.1) is 0 Å². The van der Waals surface area contributed by atoms with Gasteiger partial charge in [-0.3, -0.25) is 0 Å². The summed E-state index contributed by atoms with van der Waals surface area (Å²) in [6.45, 7) is 8.83. The van der Waals surface area contributed by atoms with Gasteiger partial charge < -0.3 is 37.2 Å². The molecule has 4 rings (SSSR count). The molecule has 0 saturated heterocycles. The maximum atomic E-state index is 2.40. The minimum absolute atomic E-state index is 0. The van der Waals surface area contributed by atoms with Gasteiger partial charge in [-0.1, -0.05) is 0 Å². The van der Waals surface area contributed by atoms with E-state index in [2.05, 4.69) is 121 Å². The fraction of sp³-hybridized carbons (Fsp3) is 0.214. The molecule has 0 spiro atoms. The van der Waals surface area contributed by atoms with E-state index >= 15 is 0 Å². The van der Waals surface area contributed by atoms with Gasteiger partial charge in [0, 0.05) is 0 Å². The topological polar surface area (TPSA) is 0 Å². The van der Waals surface area contributed by atoms with Gasteiger partial charge in [-0.05, 0) is 0 Å². The smallest absolute Gasteiger partial charge is 1.00 e. The molecule has 0 bridgehead atoms. The van der Waals surface area contributed by atoms with Crippen LogP contribution in [0.25, 0.3) is 5.57 Å². The van der Waals surface area contributed by atoms with Gasteiger partial charge in [-0.2, -0.15) is 0 Å². The van der Waals surface area contributed by atoms with Crippen molar-refractivity contribution in [1.29, 1.82) is 0 Å². The van der Waals surface area contributed by atoms with Crippen molar-refractivity contribution in [3.8, 4) is 0 Å². The number of hydrogen-bond acceptors (Lipinski definition) is 0. The molecule has 0 N–H and O–H groups in total. The Morgan fingerprint density at radius 2 is 1.09 bits per heavy atom. The summed E-state index contributed by atoms with van der Waals surface area (Å²) in [7, 11) is 0. The Kier molecular flexibility index (Phi) is 11.0. The molecule has 0 heterocycles. The maximum absolute atomic E-state index is 2.40. The van der Waals surface area contributed by atoms with Crippen LogP contribution in [0.2, 0.25) is 0 Å². The zero-order valence-corrected chi connectivity index (χ0v) is 22.7. The second-order valence-electron chi connectivity index (χ2n) is 8.36. The monoisotopic (exact) mass is 516 g/mol. The summed E-state index contributed by atoms with van der Waals surface area (Å²) in [6.07, 6.45) is 3.41. The Morgan fingerprint density at radius 3 is 1.53 bits per heavy atom. The Morgan fingerprint density at radius 1 is 0.656 bits per heavy atom. The maximum Gasteiger partial charge on any atom is -1.00 e. The number of aryl methyl sites for hydroxylation is 4. The molecular weight excluding hydrogens is 491 g/mol. The molecule has 3 aromatic rings. The molecule has 0 radical (unpaired) electrons. The first-order valence-corrected chi connectivity index (χ1v) is 11.1. The predicted molar refractivity (Wildman–Crippen MR) is 120 cm³/mol. The summed E-state index contributed by atoms with van der Waals surface area (Å²) in [4.78, 5) is 0. The fourth-order valence-electron chi connectivity index (χ4n) is 4.74. The van der Waals surface area contributed by atoms with E-state index in [0.29, 0.717) is 0 Å². The van der Waals surface area contributed by atoms with Crippen molar-refractivity contribution in [2.45, 2.75) is 40.0 Å². The van der Waals surface area contributed by atoms with Crippen molar-refractivity contribution in [3.63, 3.8) is 0 Å². The van der Waals surface area contributed by atoms with E-state index in [1.807, 2.05) is 0 Å². The molecule has 0 nitrogen and oxygen atoms in total. The molecule has 0 saturated carbocycles. The molecule has 0 amide bonds. The minimum atomic E-state index is 0. The predicted octanol–water partition coefficient (Wildman–Crippen LogP) is -1.65. The van der Waals surface area contributed by atoms with Crippen molar-refractivity contribution in [3.05, 3.63) is 121 Å². The molecule has 0 unspecified atom stereocenters. The number of rotatable bonds is 4. The third kappa shape index (κ3) is 6.19. The summed E-state index contributed by atoms with van der Waals surface area (Å²) in [5.74, 6) is 0.274. The van der Waals surface area contributed by atoms with Crippen molar-refractivity contribution in [2.24, 2.45) is 0 Å². The summed E-state index contributed by atoms with van der Waals surface area (Å²) in [5, 5.41) is 0. The van der Waals surface area contributed by atoms with Crippen LogP contribution in [0.3, 0.4) is 0 Å². The van der Waals surface area contributed by atoms with Crippen LogP contribution in [0.5, 0.6) is 0 Å². The van der Waals surface area contributed by atoms with Crippen LogP contribution in [0.15, 0.2) is 82.3 Å². The standard InChI is InChI=1S/C28H27.3ClH.Ti/c1-19-13-20(2)16-24(15-19)28(25-17-21(3)14-22(4)18-25)27-12-8-11-26(27)23-9-6-5-7-10-23;;;;/h5-10,13-18,28H,12H2,1-4H3;3*1H;/q;;;;+3/p-3. The Bertz CT molecular complexity index is 1040. The first-order valence-electron chi connectivity index (χ1n) is 10.3. The zero-order valence-electron chi connectivity index (χ0n) is 18.8. The van der Waals surface area contributed by atoms with Crippen LogP contribution in [0, 0.1) is 27.7 Å². The van der Waals surface area contributed by atoms with Crippen LogP contribution in [-0.2, 0) is 20.4 Å². The Hall–Kier alpha value is -1.28. The normalized spacial score (nSPS) is 12.7. The van der Waals surface area contributed by atoms with Crippen LogP contribution in [0.1, 0.15) is 51.3 Å². The van der Waals surface area contributed by atoms with Gasteiger partial charge >= 0.3 is 187 Å². The summed E-state index contributed by atoms with van der Waals surface area (Å²) in [6, 6.07) is 24.9. The molecule has 0 atom stereocenters. The number of benzene rings is 3. The first-order chi connectivity index (χ1) is 13.9. The Balaban J connectivity index is 0.00000171. The number of hydrogen-bond donors (Lipinski definition) is 0. The largest absolute Gasteiger partial charge is 1.00 e. The van der Waals surface area contributed by atoms with Gasteiger partial charge in [-0.25, -0.2) is 0 Å². The molecule has 4 heteroatoms. The fourth-order valence-corrected chi connectivity index (χ4v) is 5.38. The quantitative estimate of drug-likeness (QED) is 0.364. The summed E-state index contributed by atoms with van der Waals surface area (Å²) >= 11 is 2.26. The molecule has 164 valence electrons. The van der Waals surface area contributed by atoms with E-state index in [9.17, 15) is 0 Å². The van der Waals surface area contributed by atoms with Crippen LogP contribution in [0.4, 0.5) is 0 Å². The van der Waals surface area contributed by atoms with Crippen LogP contribution < -0.4 is 37.2 Å². The number of halogens is 3. The van der Waals surface area contributed by atoms with Crippen molar-refractivity contribution < 1.29 is 57.7 Å². The molecule has 1 aliphatic rings. The molecule has 0 aliphatic heterocycles. The Labute approximate surface area is 223 Å². The molecule has 32 heavy (non-hydrogen) atoms. The average molecular weight is 518 g/mol. The van der Waals surface area contributed by atoms with E-state index in [1.165, 1.54) is 54.0 Å². The van der Waals surface area contributed by atoms with Gasteiger partial charge in [0.05, 0.1) is 0 Å². The average Bonchev–Trinajstić information content (AvgIpc) is 3.02. The van der Waals surface area contributed by atoms with Gasteiger partial charge in [0.1, 0.15) is 0 Å². The molecule has 0 fully saturated rings. The van der Waals surface area contributed by atoms with Gasteiger partial charge in [0.25, 0.3) is 0 Å². The number of allylic oxidation sites excluding steroid dienone is 4. The molecule has 3 aromatic carbocycles.